The maximum Gasteiger partial charge on any atom is 0.251 e. The summed E-state index contributed by atoms with van der Waals surface area (Å²) < 4.78 is 52.8. The van der Waals surface area contributed by atoms with Crippen molar-refractivity contribution in [3.05, 3.63) is 65.2 Å². The topological polar surface area (TPSA) is 75.3 Å². The van der Waals surface area contributed by atoms with E-state index in [4.69, 9.17) is 0 Å². The van der Waals surface area contributed by atoms with Gasteiger partial charge in [-0.05, 0) is 37.3 Å². The first-order valence-electron chi connectivity index (χ1n) is 7.60. The summed E-state index contributed by atoms with van der Waals surface area (Å²) in [5.41, 5.74) is 0.380. The van der Waals surface area contributed by atoms with Gasteiger partial charge in [-0.25, -0.2) is 21.9 Å². The van der Waals surface area contributed by atoms with E-state index in [9.17, 15) is 22.0 Å². The van der Waals surface area contributed by atoms with Gasteiger partial charge in [0.25, 0.3) is 5.91 Å². The van der Waals surface area contributed by atoms with Crippen molar-refractivity contribution < 1.29 is 22.0 Å². The predicted molar refractivity (Wildman–Crippen MR) is 89.5 cm³/mol. The molecule has 2 aromatic rings. The number of sulfonamides is 1. The predicted octanol–water partition coefficient (Wildman–Crippen LogP) is 2.75. The number of amides is 1. The number of carbonyl (C=O) groups is 1. The fraction of sp³-hybridized carbons (Fsp3) is 0.235. The fourth-order valence-corrected chi connectivity index (χ4v) is 3.31. The Bertz CT molecular complexity index is 868. The van der Waals surface area contributed by atoms with E-state index in [2.05, 4.69) is 10.0 Å². The zero-order valence-corrected chi connectivity index (χ0v) is 14.5. The van der Waals surface area contributed by atoms with E-state index < -0.39 is 33.6 Å². The molecule has 0 bridgehead atoms. The van der Waals surface area contributed by atoms with Crippen LogP contribution in [-0.2, 0) is 10.0 Å². The molecule has 0 unspecified atom stereocenters. The molecule has 0 aliphatic heterocycles. The smallest absolute Gasteiger partial charge is 0.251 e. The van der Waals surface area contributed by atoms with Gasteiger partial charge in [0.05, 0.1) is 10.9 Å². The summed E-state index contributed by atoms with van der Waals surface area (Å²) in [6, 6.07) is 7.81. The third kappa shape index (κ3) is 4.61. The minimum Gasteiger partial charge on any atom is -0.345 e. The maximum absolute atomic E-state index is 13.7. The molecule has 0 heterocycles. The molecule has 0 saturated heterocycles. The largest absolute Gasteiger partial charge is 0.345 e. The lowest BCUT2D eigenvalue weighted by molar-refractivity contribution is 0.0939. The summed E-state index contributed by atoms with van der Waals surface area (Å²) in [6.45, 7) is 3.48. The van der Waals surface area contributed by atoms with Crippen molar-refractivity contribution in [2.45, 2.75) is 24.8 Å². The van der Waals surface area contributed by atoms with Gasteiger partial charge in [0.1, 0.15) is 11.6 Å². The van der Waals surface area contributed by atoms with Crippen LogP contribution in [0.3, 0.4) is 0 Å². The van der Waals surface area contributed by atoms with Crippen LogP contribution < -0.4 is 10.0 Å². The molecule has 0 saturated carbocycles. The second-order valence-corrected chi connectivity index (χ2v) is 7.15. The molecular formula is C17H18F2N2O3S. The summed E-state index contributed by atoms with van der Waals surface area (Å²) in [5.74, 6) is -1.94. The molecule has 0 fully saturated rings. The van der Waals surface area contributed by atoms with Crippen LogP contribution >= 0.6 is 0 Å². The molecule has 1 amide bonds. The molecule has 0 aromatic heterocycles. The van der Waals surface area contributed by atoms with Crippen LogP contribution in [0.1, 0.15) is 35.8 Å². The molecule has 2 rings (SSSR count). The van der Waals surface area contributed by atoms with Crippen LogP contribution in [0.2, 0.25) is 0 Å². The molecule has 1 atom stereocenters. The van der Waals surface area contributed by atoms with Crippen molar-refractivity contribution in [1.82, 2.24) is 10.0 Å². The van der Waals surface area contributed by atoms with Crippen molar-refractivity contribution in [3.63, 3.8) is 0 Å². The number of benzene rings is 2. The zero-order valence-electron chi connectivity index (χ0n) is 13.7. The normalized spacial score (nSPS) is 12.6. The first-order valence-corrected chi connectivity index (χ1v) is 9.08. The molecule has 0 aliphatic rings. The molecule has 5 nitrogen and oxygen atoms in total. The monoisotopic (exact) mass is 368 g/mol. The Morgan fingerprint density at radius 2 is 1.76 bits per heavy atom. The Kier molecular flexibility index (Phi) is 5.86. The van der Waals surface area contributed by atoms with Gasteiger partial charge in [-0.2, -0.15) is 0 Å². The maximum atomic E-state index is 13.7. The Morgan fingerprint density at radius 3 is 2.32 bits per heavy atom. The summed E-state index contributed by atoms with van der Waals surface area (Å²) in [4.78, 5) is 12.3. The van der Waals surface area contributed by atoms with Gasteiger partial charge in [0.15, 0.2) is 0 Å². The van der Waals surface area contributed by atoms with E-state index in [0.29, 0.717) is 0 Å². The van der Waals surface area contributed by atoms with Crippen molar-refractivity contribution >= 4 is 15.9 Å². The van der Waals surface area contributed by atoms with E-state index in [1.807, 2.05) is 0 Å². The van der Waals surface area contributed by atoms with Crippen molar-refractivity contribution in [1.29, 1.82) is 0 Å². The molecule has 2 N–H and O–H groups in total. The fourth-order valence-electron chi connectivity index (χ4n) is 2.27. The van der Waals surface area contributed by atoms with E-state index >= 15 is 0 Å². The molecule has 0 radical (unpaired) electrons. The number of hydrogen-bond acceptors (Lipinski definition) is 3. The number of hydrogen-bond donors (Lipinski definition) is 2. The summed E-state index contributed by atoms with van der Waals surface area (Å²) in [7, 11) is -3.60. The summed E-state index contributed by atoms with van der Waals surface area (Å²) in [5, 5.41) is 2.59. The third-order valence-electron chi connectivity index (χ3n) is 3.54. The summed E-state index contributed by atoms with van der Waals surface area (Å²) in [6.07, 6.45) is 0. The van der Waals surface area contributed by atoms with Gasteiger partial charge < -0.3 is 5.32 Å². The first-order chi connectivity index (χ1) is 11.7. The van der Waals surface area contributed by atoms with Gasteiger partial charge >= 0.3 is 0 Å². The van der Waals surface area contributed by atoms with Crippen LogP contribution in [0, 0.1) is 11.6 Å². The Morgan fingerprint density at radius 1 is 1.12 bits per heavy atom. The average Bonchev–Trinajstić information content (AvgIpc) is 2.54. The average molecular weight is 368 g/mol. The Balaban J connectivity index is 2.13. The van der Waals surface area contributed by atoms with Crippen molar-refractivity contribution in [2.75, 3.05) is 6.54 Å². The van der Waals surface area contributed by atoms with E-state index in [-0.39, 0.29) is 22.6 Å². The standard InChI is InChI=1S/C17H18F2N2O3S/c1-3-20-25(23,24)14-7-4-12(5-8-14)17(22)21-11(2)15-9-6-13(18)10-16(15)19/h4-11,20H,3H2,1-2H3,(H,21,22)/t11-/m0/s1. The highest BCUT2D eigenvalue weighted by molar-refractivity contribution is 7.89. The van der Waals surface area contributed by atoms with Crippen LogP contribution in [0.4, 0.5) is 8.78 Å². The highest BCUT2D eigenvalue weighted by Gasteiger charge is 2.17. The van der Waals surface area contributed by atoms with E-state index in [1.165, 1.54) is 30.3 Å². The molecule has 0 spiro atoms. The molecule has 0 aliphatic carbocycles. The molecular weight excluding hydrogens is 350 g/mol. The van der Waals surface area contributed by atoms with Crippen molar-refractivity contribution in [3.8, 4) is 0 Å². The van der Waals surface area contributed by atoms with Gasteiger partial charge in [-0.1, -0.05) is 13.0 Å². The minimum absolute atomic E-state index is 0.0449. The lowest BCUT2D eigenvalue weighted by Gasteiger charge is -2.15. The third-order valence-corrected chi connectivity index (χ3v) is 5.10. The minimum atomic E-state index is -3.60. The van der Waals surface area contributed by atoms with Crippen molar-refractivity contribution in [2.24, 2.45) is 0 Å². The molecule has 25 heavy (non-hydrogen) atoms. The van der Waals surface area contributed by atoms with E-state index in [1.54, 1.807) is 13.8 Å². The lowest BCUT2D eigenvalue weighted by Crippen LogP contribution is -2.27. The Hall–Kier alpha value is -2.32. The van der Waals surface area contributed by atoms with Gasteiger partial charge in [-0.3, -0.25) is 4.79 Å². The Labute approximate surface area is 145 Å². The molecule has 8 heteroatoms. The first kappa shape index (κ1) is 19.0. The SMILES string of the molecule is CCNS(=O)(=O)c1ccc(C(=O)N[C@@H](C)c2ccc(F)cc2F)cc1. The lowest BCUT2D eigenvalue weighted by atomic mass is 10.1. The van der Waals surface area contributed by atoms with Crippen LogP contribution in [0.25, 0.3) is 0 Å². The number of carbonyl (C=O) groups excluding carboxylic acids is 1. The molecule has 134 valence electrons. The highest BCUT2D eigenvalue weighted by atomic mass is 32.2. The van der Waals surface area contributed by atoms with Crippen LogP contribution in [0.5, 0.6) is 0 Å². The highest BCUT2D eigenvalue weighted by Crippen LogP contribution is 2.18. The second kappa shape index (κ2) is 7.71. The van der Waals surface area contributed by atoms with Gasteiger partial charge in [0.2, 0.25) is 10.0 Å². The zero-order chi connectivity index (χ0) is 18.6. The number of halogens is 2. The second-order valence-electron chi connectivity index (χ2n) is 5.39. The number of rotatable bonds is 6. The van der Waals surface area contributed by atoms with E-state index in [0.717, 1.165) is 12.1 Å². The van der Waals surface area contributed by atoms with Gasteiger partial charge in [-0.15, -0.1) is 0 Å². The number of nitrogens with one attached hydrogen (secondary N) is 2. The van der Waals surface area contributed by atoms with Gasteiger partial charge in [0, 0.05) is 23.7 Å². The molecule has 2 aromatic carbocycles. The van der Waals surface area contributed by atoms with Crippen LogP contribution in [0.15, 0.2) is 47.4 Å². The summed E-state index contributed by atoms with van der Waals surface area (Å²) >= 11 is 0. The quantitative estimate of drug-likeness (QED) is 0.823. The van der Waals surface area contributed by atoms with Crippen LogP contribution in [-0.4, -0.2) is 20.9 Å².